The lowest BCUT2D eigenvalue weighted by Crippen LogP contribution is -2.37. The van der Waals surface area contributed by atoms with Crippen LogP contribution in [0.15, 0.2) is 12.2 Å². The van der Waals surface area contributed by atoms with E-state index in [1.807, 2.05) is 0 Å². The fourth-order valence-electron chi connectivity index (χ4n) is 2.57. The van der Waals surface area contributed by atoms with E-state index in [0.717, 1.165) is 24.2 Å². The minimum Gasteiger partial charge on any atom is -0.450 e. The van der Waals surface area contributed by atoms with E-state index in [2.05, 4.69) is 21.3 Å². The van der Waals surface area contributed by atoms with E-state index < -0.39 is 11.8 Å². The van der Waals surface area contributed by atoms with Gasteiger partial charge in [0.15, 0.2) is 0 Å². The quantitative estimate of drug-likeness (QED) is 0.194. The van der Waals surface area contributed by atoms with Gasteiger partial charge in [0.05, 0.1) is 13.2 Å². The molecule has 0 spiro atoms. The van der Waals surface area contributed by atoms with Gasteiger partial charge in [0.1, 0.15) is 0 Å². The molecule has 1 aliphatic heterocycles. The summed E-state index contributed by atoms with van der Waals surface area (Å²) < 4.78 is 9.41. The minimum absolute atomic E-state index is 0.0548. The SMILES string of the molecule is CC(=O)NCCNC(=O)CCN1C(=O)C=CC1=O.CCOC(=O)NCCCCCNC(=O)OCC. The second-order valence-corrected chi connectivity index (χ2v) is 7.10. The molecule has 198 valence electrons. The fraction of sp³-hybridized carbons (Fsp3) is 0.636. The highest BCUT2D eigenvalue weighted by molar-refractivity contribution is 6.13. The number of hydrogen-bond donors (Lipinski definition) is 4. The molecule has 0 bridgehead atoms. The van der Waals surface area contributed by atoms with E-state index in [1.54, 1.807) is 13.8 Å². The van der Waals surface area contributed by atoms with Crippen molar-refractivity contribution in [3.63, 3.8) is 0 Å². The Hall–Kier alpha value is -3.64. The number of alkyl carbamates (subject to hydrolysis) is 2. The maximum absolute atomic E-state index is 11.4. The highest BCUT2D eigenvalue weighted by Gasteiger charge is 2.23. The Labute approximate surface area is 205 Å². The molecule has 0 aromatic heterocycles. The van der Waals surface area contributed by atoms with Crippen LogP contribution in [0.2, 0.25) is 0 Å². The van der Waals surface area contributed by atoms with Crippen molar-refractivity contribution >= 4 is 35.8 Å². The van der Waals surface area contributed by atoms with Gasteiger partial charge in [0.25, 0.3) is 11.8 Å². The number of imide groups is 1. The van der Waals surface area contributed by atoms with Crippen LogP contribution in [0.5, 0.6) is 0 Å². The summed E-state index contributed by atoms with van der Waals surface area (Å²) in [5, 5.41) is 10.4. The molecule has 0 aliphatic carbocycles. The zero-order valence-corrected chi connectivity index (χ0v) is 20.6. The highest BCUT2D eigenvalue weighted by atomic mass is 16.6. The van der Waals surface area contributed by atoms with E-state index in [9.17, 15) is 28.8 Å². The van der Waals surface area contributed by atoms with Crippen molar-refractivity contribution in [2.45, 2.75) is 46.5 Å². The number of rotatable bonds is 14. The molecule has 0 aromatic carbocycles. The third-order valence-electron chi connectivity index (χ3n) is 4.23. The molecule has 1 aliphatic rings. The van der Waals surface area contributed by atoms with Gasteiger partial charge in [-0.2, -0.15) is 0 Å². The number of nitrogens with one attached hydrogen (secondary N) is 4. The predicted octanol–water partition coefficient (Wildman–Crippen LogP) is 0.203. The summed E-state index contributed by atoms with van der Waals surface area (Å²) in [5.74, 6) is -1.23. The van der Waals surface area contributed by atoms with Gasteiger partial charge in [-0.3, -0.25) is 24.1 Å². The maximum Gasteiger partial charge on any atom is 0.407 e. The lowest BCUT2D eigenvalue weighted by Gasteiger charge is -2.13. The lowest BCUT2D eigenvalue weighted by atomic mass is 10.2. The first-order valence-corrected chi connectivity index (χ1v) is 11.6. The molecule has 0 unspecified atom stereocenters. The third-order valence-corrected chi connectivity index (χ3v) is 4.23. The Kier molecular flexibility index (Phi) is 17.7. The molecule has 0 radical (unpaired) electrons. The Bertz CT molecular complexity index is 701. The van der Waals surface area contributed by atoms with Gasteiger partial charge in [-0.1, -0.05) is 0 Å². The molecule has 1 rings (SSSR count). The van der Waals surface area contributed by atoms with Crippen molar-refractivity contribution in [1.82, 2.24) is 26.2 Å². The number of ether oxygens (including phenoxy) is 2. The molecular weight excluding hydrogens is 462 g/mol. The fourth-order valence-corrected chi connectivity index (χ4v) is 2.57. The summed E-state index contributed by atoms with van der Waals surface area (Å²) in [7, 11) is 0. The topological polar surface area (TPSA) is 172 Å². The van der Waals surface area contributed by atoms with Crippen LogP contribution >= 0.6 is 0 Å². The number of carbonyl (C=O) groups excluding carboxylic acids is 6. The monoisotopic (exact) mass is 499 g/mol. The molecule has 4 N–H and O–H groups in total. The highest BCUT2D eigenvalue weighted by Crippen LogP contribution is 2.03. The average molecular weight is 500 g/mol. The van der Waals surface area contributed by atoms with Crippen LogP contribution in [0.3, 0.4) is 0 Å². The second-order valence-electron chi connectivity index (χ2n) is 7.10. The van der Waals surface area contributed by atoms with Crippen molar-refractivity contribution in [2.24, 2.45) is 0 Å². The van der Waals surface area contributed by atoms with Crippen LogP contribution in [0, 0.1) is 0 Å². The first-order valence-electron chi connectivity index (χ1n) is 11.6. The molecule has 1 heterocycles. The van der Waals surface area contributed by atoms with E-state index in [0.29, 0.717) is 39.4 Å². The lowest BCUT2D eigenvalue weighted by molar-refractivity contribution is -0.137. The summed E-state index contributed by atoms with van der Waals surface area (Å²) in [6, 6.07) is 0. The van der Waals surface area contributed by atoms with Gasteiger partial charge in [-0.05, 0) is 33.1 Å². The summed E-state index contributed by atoms with van der Waals surface area (Å²) in [6.07, 6.45) is 4.31. The number of hydrogen-bond acceptors (Lipinski definition) is 8. The van der Waals surface area contributed by atoms with E-state index in [1.165, 1.54) is 19.1 Å². The van der Waals surface area contributed by atoms with Crippen molar-refractivity contribution in [2.75, 3.05) is 45.9 Å². The zero-order chi connectivity index (χ0) is 26.5. The van der Waals surface area contributed by atoms with E-state index in [-0.39, 0.29) is 37.0 Å². The van der Waals surface area contributed by atoms with Gasteiger partial charge in [-0.15, -0.1) is 0 Å². The van der Waals surface area contributed by atoms with Gasteiger partial charge < -0.3 is 30.7 Å². The summed E-state index contributed by atoms with van der Waals surface area (Å²) in [5.41, 5.74) is 0. The van der Waals surface area contributed by atoms with Gasteiger partial charge >= 0.3 is 12.2 Å². The Balaban J connectivity index is 0.000000662. The third kappa shape index (κ3) is 17.5. The maximum atomic E-state index is 11.4. The standard InChI is InChI=1S/C11H15N3O4.C11H22N2O4/c1-8(15)12-5-6-13-9(16)4-7-14-10(17)2-3-11(14)18;1-3-16-10(14)12-8-6-5-7-9-13-11(15)17-4-2/h2-3H,4-7H2,1H3,(H,12,15)(H,13,16);3-9H2,1-2H3,(H,12,14)(H,13,15). The first kappa shape index (κ1) is 31.4. The van der Waals surface area contributed by atoms with Crippen molar-refractivity contribution in [3.8, 4) is 0 Å². The first-order chi connectivity index (χ1) is 16.7. The summed E-state index contributed by atoms with van der Waals surface area (Å²) >= 11 is 0. The molecule has 0 atom stereocenters. The van der Waals surface area contributed by atoms with Crippen LogP contribution in [0.4, 0.5) is 9.59 Å². The van der Waals surface area contributed by atoms with Crippen molar-refractivity contribution in [3.05, 3.63) is 12.2 Å². The molecule has 13 nitrogen and oxygen atoms in total. The summed E-state index contributed by atoms with van der Waals surface area (Å²) in [6.45, 7) is 7.61. The Morgan fingerprint density at radius 1 is 0.743 bits per heavy atom. The average Bonchev–Trinajstić information content (AvgIpc) is 3.12. The zero-order valence-electron chi connectivity index (χ0n) is 20.6. The molecule has 0 fully saturated rings. The van der Waals surface area contributed by atoms with Crippen molar-refractivity contribution in [1.29, 1.82) is 0 Å². The summed E-state index contributed by atoms with van der Waals surface area (Å²) in [4.78, 5) is 67.0. The Morgan fingerprint density at radius 2 is 1.23 bits per heavy atom. The minimum atomic E-state index is -0.397. The van der Waals surface area contributed by atoms with Crippen LogP contribution < -0.4 is 21.3 Å². The van der Waals surface area contributed by atoms with Crippen LogP contribution in [-0.4, -0.2) is 86.7 Å². The largest absolute Gasteiger partial charge is 0.450 e. The van der Waals surface area contributed by atoms with Gasteiger partial charge in [-0.25, -0.2) is 9.59 Å². The molecule has 13 heteroatoms. The van der Waals surface area contributed by atoms with E-state index in [4.69, 9.17) is 9.47 Å². The van der Waals surface area contributed by atoms with Crippen molar-refractivity contribution < 1.29 is 38.2 Å². The Morgan fingerprint density at radius 3 is 1.69 bits per heavy atom. The smallest absolute Gasteiger partial charge is 0.407 e. The van der Waals surface area contributed by atoms with Gasteiger partial charge in [0.2, 0.25) is 11.8 Å². The number of amides is 6. The molecular formula is C22H37N5O8. The van der Waals surface area contributed by atoms with Crippen LogP contribution in [0.25, 0.3) is 0 Å². The molecule has 0 saturated carbocycles. The molecule has 35 heavy (non-hydrogen) atoms. The number of nitrogens with zero attached hydrogens (tertiary/aromatic N) is 1. The molecule has 6 amide bonds. The normalized spacial score (nSPS) is 11.8. The van der Waals surface area contributed by atoms with E-state index >= 15 is 0 Å². The molecule has 0 saturated heterocycles. The molecule has 0 aromatic rings. The predicted molar refractivity (Wildman–Crippen MR) is 126 cm³/mol. The van der Waals surface area contributed by atoms with Crippen LogP contribution in [0.1, 0.15) is 46.5 Å². The van der Waals surface area contributed by atoms with Crippen LogP contribution in [-0.2, 0) is 28.7 Å². The second kappa shape index (κ2) is 19.8. The van der Waals surface area contributed by atoms with Gasteiger partial charge in [0, 0.05) is 58.2 Å². The number of carbonyl (C=O) groups is 6. The number of unbranched alkanes of at least 4 members (excludes halogenated alkanes) is 2.